The van der Waals surface area contributed by atoms with Gasteiger partial charge in [0.2, 0.25) is 0 Å². The molecule has 0 aromatic carbocycles. The van der Waals surface area contributed by atoms with E-state index in [1.54, 1.807) is 0 Å². The highest BCUT2D eigenvalue weighted by molar-refractivity contribution is 8.00. The van der Waals surface area contributed by atoms with Gasteiger partial charge in [0, 0.05) is 11.9 Å². The van der Waals surface area contributed by atoms with E-state index in [9.17, 15) is 0 Å². The van der Waals surface area contributed by atoms with E-state index >= 15 is 0 Å². The Morgan fingerprint density at radius 2 is 2.78 bits per heavy atom. The number of hydrogen-bond donors (Lipinski definition) is 1. The van der Waals surface area contributed by atoms with Gasteiger partial charge in [-0.2, -0.15) is 0 Å². The van der Waals surface area contributed by atoms with Crippen LogP contribution in [0, 0.1) is 0 Å². The molecule has 2 rings (SSSR count). The fraction of sp³-hybridized carbons (Fsp3) is 0.500. The molecule has 1 atom stereocenters. The van der Waals surface area contributed by atoms with E-state index in [1.165, 1.54) is 5.70 Å². The lowest BCUT2D eigenvalue weighted by Crippen LogP contribution is -2.15. The lowest BCUT2D eigenvalue weighted by Gasteiger charge is -2.08. The number of nitrogens with one attached hydrogen (secondary N) is 1. The molecule has 2 heterocycles. The average Bonchev–Trinajstić information content (AvgIpc) is 2.33. The molecule has 1 saturated heterocycles. The minimum Gasteiger partial charge on any atom is -0.378 e. The molecule has 1 N–H and O–H groups in total. The third-order valence-corrected chi connectivity index (χ3v) is 2.65. The number of allylic oxidation sites excluding steroid dienone is 1. The van der Waals surface area contributed by atoms with Crippen LogP contribution in [0.25, 0.3) is 0 Å². The number of aliphatic imine (C=N–C) groups is 1. The second kappa shape index (κ2) is 2.06. The number of nitrogens with zero attached hydrogens (tertiary/aromatic N) is 1. The molecule has 2 nitrogen and oxygen atoms in total. The third kappa shape index (κ3) is 0.852. The second-order valence-electron chi connectivity index (χ2n) is 2.11. The van der Waals surface area contributed by atoms with Gasteiger partial charge in [0.25, 0.3) is 0 Å². The molecule has 1 fully saturated rings. The standard InChI is InChI=1S/C6H8N2S/c1-2-7-3-6-5(1)8-4-9-6/h1-2,6,8H,3-4H2. The second-order valence-corrected chi connectivity index (χ2v) is 3.30. The summed E-state index contributed by atoms with van der Waals surface area (Å²) in [6, 6.07) is 0. The van der Waals surface area contributed by atoms with Crippen LogP contribution in [0.4, 0.5) is 0 Å². The highest BCUT2D eigenvalue weighted by Crippen LogP contribution is 2.24. The molecular formula is C6H8N2S. The fourth-order valence-corrected chi connectivity index (χ4v) is 2.02. The predicted molar refractivity (Wildman–Crippen MR) is 40.8 cm³/mol. The minimum atomic E-state index is 0.634. The van der Waals surface area contributed by atoms with Crippen LogP contribution in [0.15, 0.2) is 16.8 Å². The zero-order chi connectivity index (χ0) is 6.10. The van der Waals surface area contributed by atoms with Crippen molar-refractivity contribution >= 4 is 18.0 Å². The molecular weight excluding hydrogens is 132 g/mol. The van der Waals surface area contributed by atoms with E-state index in [2.05, 4.69) is 16.4 Å². The lowest BCUT2D eigenvalue weighted by atomic mass is 10.2. The van der Waals surface area contributed by atoms with Crippen molar-refractivity contribution < 1.29 is 0 Å². The maximum absolute atomic E-state index is 4.16. The van der Waals surface area contributed by atoms with Crippen molar-refractivity contribution in [1.29, 1.82) is 0 Å². The van der Waals surface area contributed by atoms with Gasteiger partial charge in [0.1, 0.15) is 0 Å². The molecule has 0 aromatic rings. The molecule has 0 radical (unpaired) electrons. The van der Waals surface area contributed by atoms with Crippen molar-refractivity contribution in [2.45, 2.75) is 5.25 Å². The Morgan fingerprint density at radius 1 is 1.78 bits per heavy atom. The number of rotatable bonds is 0. The summed E-state index contributed by atoms with van der Waals surface area (Å²) < 4.78 is 0. The molecule has 2 aliphatic heterocycles. The van der Waals surface area contributed by atoms with Crippen LogP contribution < -0.4 is 5.32 Å². The number of thioether (sulfide) groups is 1. The van der Waals surface area contributed by atoms with Gasteiger partial charge in [-0.1, -0.05) is 0 Å². The van der Waals surface area contributed by atoms with Gasteiger partial charge in [-0.3, -0.25) is 4.99 Å². The molecule has 48 valence electrons. The normalized spacial score (nSPS) is 31.1. The van der Waals surface area contributed by atoms with Crippen molar-refractivity contribution in [2.75, 3.05) is 12.4 Å². The molecule has 0 saturated carbocycles. The Labute approximate surface area is 58.4 Å². The number of fused-ring (bicyclic) bond motifs is 1. The Morgan fingerprint density at radius 3 is 3.67 bits per heavy atom. The van der Waals surface area contributed by atoms with Crippen LogP contribution in [0.1, 0.15) is 0 Å². The first-order chi connectivity index (χ1) is 4.47. The van der Waals surface area contributed by atoms with E-state index in [1.807, 2.05) is 18.0 Å². The first-order valence-electron chi connectivity index (χ1n) is 3.02. The van der Waals surface area contributed by atoms with Crippen LogP contribution in [-0.2, 0) is 0 Å². The summed E-state index contributed by atoms with van der Waals surface area (Å²) in [4.78, 5) is 4.16. The van der Waals surface area contributed by atoms with Crippen molar-refractivity contribution in [1.82, 2.24) is 5.32 Å². The zero-order valence-corrected chi connectivity index (χ0v) is 5.82. The SMILES string of the molecule is C1=NCC2SCNC2=C1. The molecule has 0 aromatic heterocycles. The molecule has 0 amide bonds. The third-order valence-electron chi connectivity index (χ3n) is 1.54. The van der Waals surface area contributed by atoms with Gasteiger partial charge in [-0.15, -0.1) is 11.8 Å². The first-order valence-corrected chi connectivity index (χ1v) is 4.07. The maximum Gasteiger partial charge on any atom is 0.0658 e. The predicted octanol–water partition coefficient (Wildman–Crippen LogP) is 0.617. The molecule has 1 unspecified atom stereocenters. The van der Waals surface area contributed by atoms with Gasteiger partial charge in [0.15, 0.2) is 0 Å². The summed E-state index contributed by atoms with van der Waals surface area (Å²) in [5.41, 5.74) is 1.36. The summed E-state index contributed by atoms with van der Waals surface area (Å²) in [6.07, 6.45) is 3.94. The Kier molecular flexibility index (Phi) is 1.23. The van der Waals surface area contributed by atoms with Crippen molar-refractivity contribution in [3.05, 3.63) is 11.8 Å². The Bertz CT molecular complexity index is 174. The molecule has 0 aliphatic carbocycles. The van der Waals surface area contributed by atoms with Gasteiger partial charge in [0.05, 0.1) is 17.7 Å². The molecule has 9 heavy (non-hydrogen) atoms. The van der Waals surface area contributed by atoms with Crippen LogP contribution >= 0.6 is 11.8 Å². The molecule has 0 bridgehead atoms. The van der Waals surface area contributed by atoms with Crippen molar-refractivity contribution in [2.24, 2.45) is 4.99 Å². The quantitative estimate of drug-likeness (QED) is 0.533. The Balaban J connectivity index is 2.23. The number of hydrogen-bond acceptors (Lipinski definition) is 3. The molecule has 3 heteroatoms. The van der Waals surface area contributed by atoms with E-state index in [4.69, 9.17) is 0 Å². The lowest BCUT2D eigenvalue weighted by molar-refractivity contribution is 0.883. The monoisotopic (exact) mass is 140 g/mol. The van der Waals surface area contributed by atoms with Gasteiger partial charge >= 0.3 is 0 Å². The van der Waals surface area contributed by atoms with Gasteiger partial charge < -0.3 is 5.32 Å². The Hall–Kier alpha value is -0.440. The molecule has 2 aliphatic rings. The van der Waals surface area contributed by atoms with E-state index in [-0.39, 0.29) is 0 Å². The highest BCUT2D eigenvalue weighted by atomic mass is 32.2. The fourth-order valence-electron chi connectivity index (χ4n) is 1.04. The van der Waals surface area contributed by atoms with E-state index in [0.29, 0.717) is 5.25 Å². The van der Waals surface area contributed by atoms with Crippen LogP contribution in [0.3, 0.4) is 0 Å². The molecule has 0 spiro atoms. The summed E-state index contributed by atoms with van der Waals surface area (Å²) in [6.45, 7) is 0.962. The van der Waals surface area contributed by atoms with Crippen LogP contribution in [0.2, 0.25) is 0 Å². The number of dihydropyridines is 1. The minimum absolute atomic E-state index is 0.634. The summed E-state index contributed by atoms with van der Waals surface area (Å²) in [7, 11) is 0. The van der Waals surface area contributed by atoms with Gasteiger partial charge in [-0.25, -0.2) is 0 Å². The summed E-state index contributed by atoms with van der Waals surface area (Å²) in [5.74, 6) is 1.06. The van der Waals surface area contributed by atoms with Gasteiger partial charge in [-0.05, 0) is 6.08 Å². The smallest absolute Gasteiger partial charge is 0.0658 e. The summed E-state index contributed by atoms with van der Waals surface area (Å²) >= 11 is 1.93. The summed E-state index contributed by atoms with van der Waals surface area (Å²) in [5, 5.41) is 3.93. The zero-order valence-electron chi connectivity index (χ0n) is 5.00. The van der Waals surface area contributed by atoms with Crippen molar-refractivity contribution in [3.8, 4) is 0 Å². The van der Waals surface area contributed by atoms with Crippen LogP contribution in [-0.4, -0.2) is 23.9 Å². The van der Waals surface area contributed by atoms with E-state index < -0.39 is 0 Å². The van der Waals surface area contributed by atoms with E-state index in [0.717, 1.165) is 12.4 Å². The largest absolute Gasteiger partial charge is 0.378 e. The first kappa shape index (κ1) is 5.35. The average molecular weight is 140 g/mol. The van der Waals surface area contributed by atoms with Crippen LogP contribution in [0.5, 0.6) is 0 Å². The maximum atomic E-state index is 4.16. The topological polar surface area (TPSA) is 24.4 Å². The van der Waals surface area contributed by atoms with Crippen molar-refractivity contribution in [3.63, 3.8) is 0 Å². The highest BCUT2D eigenvalue weighted by Gasteiger charge is 2.21.